The van der Waals surface area contributed by atoms with Crippen LogP contribution >= 0.6 is 0 Å². The van der Waals surface area contributed by atoms with Crippen molar-refractivity contribution in [2.24, 2.45) is 0 Å². The molecule has 2 aromatic rings. The standard InChI is InChI=1S/C15H17NO3/c1-3-12-13(4-2)19-15(18)16(14(12)17)10-11-8-6-5-7-9-11/h5-9H,3-4,10H2,1-2H3. The van der Waals surface area contributed by atoms with Gasteiger partial charge in [0.1, 0.15) is 5.76 Å². The molecule has 100 valence electrons. The smallest absolute Gasteiger partial charge is 0.414 e. The van der Waals surface area contributed by atoms with Gasteiger partial charge in [0.15, 0.2) is 0 Å². The van der Waals surface area contributed by atoms with Crippen LogP contribution in [0.2, 0.25) is 0 Å². The van der Waals surface area contributed by atoms with Crippen molar-refractivity contribution >= 4 is 0 Å². The average Bonchev–Trinajstić information content (AvgIpc) is 2.44. The van der Waals surface area contributed by atoms with Crippen LogP contribution in [0.25, 0.3) is 0 Å². The third-order valence-corrected chi connectivity index (χ3v) is 3.13. The summed E-state index contributed by atoms with van der Waals surface area (Å²) in [5.41, 5.74) is 1.26. The van der Waals surface area contributed by atoms with Gasteiger partial charge in [-0.2, -0.15) is 0 Å². The highest BCUT2D eigenvalue weighted by Crippen LogP contribution is 2.05. The van der Waals surface area contributed by atoms with Crippen LogP contribution < -0.4 is 11.3 Å². The Hall–Kier alpha value is -2.10. The Morgan fingerprint density at radius 1 is 1.05 bits per heavy atom. The van der Waals surface area contributed by atoms with E-state index in [1.807, 2.05) is 44.2 Å². The summed E-state index contributed by atoms with van der Waals surface area (Å²) in [6.07, 6.45) is 1.13. The van der Waals surface area contributed by atoms with E-state index in [0.29, 0.717) is 24.2 Å². The first-order chi connectivity index (χ1) is 9.17. The zero-order chi connectivity index (χ0) is 13.8. The highest BCUT2D eigenvalue weighted by Gasteiger charge is 2.13. The number of hydrogen-bond acceptors (Lipinski definition) is 3. The molecule has 0 spiro atoms. The summed E-state index contributed by atoms with van der Waals surface area (Å²) in [6.45, 7) is 4.01. The molecule has 19 heavy (non-hydrogen) atoms. The van der Waals surface area contributed by atoms with Crippen molar-refractivity contribution in [3.05, 3.63) is 68.1 Å². The molecule has 4 nitrogen and oxygen atoms in total. The van der Waals surface area contributed by atoms with E-state index in [-0.39, 0.29) is 12.1 Å². The molecule has 0 amide bonds. The maximum absolute atomic E-state index is 12.3. The maximum Gasteiger partial charge on any atom is 0.422 e. The Kier molecular flexibility index (Phi) is 4.00. The lowest BCUT2D eigenvalue weighted by Gasteiger charge is -2.08. The Labute approximate surface area is 111 Å². The van der Waals surface area contributed by atoms with Gasteiger partial charge in [-0.3, -0.25) is 4.79 Å². The molecule has 1 aromatic heterocycles. The summed E-state index contributed by atoms with van der Waals surface area (Å²) in [5.74, 6) is -0.0790. The Balaban J connectivity index is 2.53. The summed E-state index contributed by atoms with van der Waals surface area (Å²) in [4.78, 5) is 24.2. The van der Waals surface area contributed by atoms with E-state index < -0.39 is 5.76 Å². The molecular weight excluding hydrogens is 242 g/mol. The Bertz CT molecular complexity index is 668. The maximum atomic E-state index is 12.3. The molecule has 4 heteroatoms. The first-order valence-corrected chi connectivity index (χ1v) is 6.47. The summed E-state index contributed by atoms with van der Waals surface area (Å²) in [6, 6.07) is 9.41. The molecule has 0 aliphatic carbocycles. The highest BCUT2D eigenvalue weighted by atomic mass is 16.4. The molecule has 1 aromatic carbocycles. The minimum atomic E-state index is -0.581. The summed E-state index contributed by atoms with van der Waals surface area (Å²) < 4.78 is 6.40. The zero-order valence-corrected chi connectivity index (χ0v) is 11.2. The number of aryl methyl sites for hydroxylation is 1. The van der Waals surface area contributed by atoms with Gasteiger partial charge in [-0.1, -0.05) is 44.2 Å². The SMILES string of the molecule is CCc1oc(=O)n(Cc2ccccc2)c(=O)c1CC. The molecule has 0 unspecified atom stereocenters. The second-order valence-electron chi connectivity index (χ2n) is 4.35. The Morgan fingerprint density at radius 2 is 1.74 bits per heavy atom. The molecule has 2 rings (SSSR count). The summed E-state index contributed by atoms with van der Waals surface area (Å²) >= 11 is 0. The number of aromatic nitrogens is 1. The van der Waals surface area contributed by atoms with Crippen LogP contribution in [0.5, 0.6) is 0 Å². The van der Waals surface area contributed by atoms with Gasteiger partial charge in [0, 0.05) is 6.42 Å². The van der Waals surface area contributed by atoms with Crippen LogP contribution in [-0.2, 0) is 19.4 Å². The fourth-order valence-electron chi connectivity index (χ4n) is 2.12. The van der Waals surface area contributed by atoms with Crippen LogP contribution in [0.3, 0.4) is 0 Å². The quantitative estimate of drug-likeness (QED) is 0.843. The number of benzene rings is 1. The van der Waals surface area contributed by atoms with E-state index in [1.54, 1.807) is 0 Å². The van der Waals surface area contributed by atoms with Gasteiger partial charge in [0.05, 0.1) is 12.1 Å². The molecule has 0 aliphatic heterocycles. The summed E-state index contributed by atoms with van der Waals surface area (Å²) in [5, 5.41) is 0. The van der Waals surface area contributed by atoms with E-state index in [1.165, 1.54) is 0 Å². The van der Waals surface area contributed by atoms with E-state index >= 15 is 0 Å². The Morgan fingerprint density at radius 3 is 2.32 bits per heavy atom. The predicted octanol–water partition coefficient (Wildman–Crippen LogP) is 1.97. The van der Waals surface area contributed by atoms with Crippen molar-refractivity contribution in [1.82, 2.24) is 4.57 Å². The lowest BCUT2D eigenvalue weighted by molar-refractivity contribution is 0.390. The fraction of sp³-hybridized carbons (Fsp3) is 0.333. The molecule has 0 saturated heterocycles. The first-order valence-electron chi connectivity index (χ1n) is 6.47. The van der Waals surface area contributed by atoms with Crippen LogP contribution in [0.1, 0.15) is 30.7 Å². The predicted molar refractivity (Wildman–Crippen MR) is 73.5 cm³/mol. The monoisotopic (exact) mass is 259 g/mol. The lowest BCUT2D eigenvalue weighted by atomic mass is 10.1. The van der Waals surface area contributed by atoms with Crippen molar-refractivity contribution in [3.63, 3.8) is 0 Å². The van der Waals surface area contributed by atoms with Crippen molar-refractivity contribution in [2.75, 3.05) is 0 Å². The van der Waals surface area contributed by atoms with Gasteiger partial charge < -0.3 is 4.42 Å². The fourth-order valence-corrected chi connectivity index (χ4v) is 2.12. The molecular formula is C15H17NO3. The molecule has 0 saturated carbocycles. The average molecular weight is 259 g/mol. The van der Waals surface area contributed by atoms with Gasteiger partial charge >= 0.3 is 5.76 Å². The van der Waals surface area contributed by atoms with Crippen LogP contribution in [-0.4, -0.2) is 4.57 Å². The molecule has 0 N–H and O–H groups in total. The number of hydrogen-bond donors (Lipinski definition) is 0. The topological polar surface area (TPSA) is 52.2 Å². The molecule has 0 fully saturated rings. The zero-order valence-electron chi connectivity index (χ0n) is 11.2. The number of nitrogens with zero attached hydrogens (tertiary/aromatic N) is 1. The van der Waals surface area contributed by atoms with Crippen molar-refractivity contribution in [2.45, 2.75) is 33.2 Å². The van der Waals surface area contributed by atoms with Gasteiger partial charge in [-0.15, -0.1) is 0 Å². The minimum absolute atomic E-state index is 0.237. The third kappa shape index (κ3) is 2.67. The first kappa shape index (κ1) is 13.3. The normalized spacial score (nSPS) is 10.6. The lowest BCUT2D eigenvalue weighted by Crippen LogP contribution is -2.36. The van der Waals surface area contributed by atoms with Gasteiger partial charge in [-0.25, -0.2) is 9.36 Å². The highest BCUT2D eigenvalue weighted by molar-refractivity contribution is 5.17. The van der Waals surface area contributed by atoms with E-state index in [9.17, 15) is 9.59 Å². The van der Waals surface area contributed by atoms with Crippen LogP contribution in [0, 0.1) is 0 Å². The molecule has 0 radical (unpaired) electrons. The van der Waals surface area contributed by atoms with E-state index in [0.717, 1.165) is 10.1 Å². The van der Waals surface area contributed by atoms with Crippen molar-refractivity contribution in [1.29, 1.82) is 0 Å². The third-order valence-electron chi connectivity index (χ3n) is 3.13. The van der Waals surface area contributed by atoms with Crippen molar-refractivity contribution < 1.29 is 4.42 Å². The second kappa shape index (κ2) is 5.69. The van der Waals surface area contributed by atoms with Crippen LogP contribution in [0.15, 0.2) is 44.3 Å². The summed E-state index contributed by atoms with van der Waals surface area (Å²) in [7, 11) is 0. The minimum Gasteiger partial charge on any atom is -0.414 e. The van der Waals surface area contributed by atoms with Gasteiger partial charge in [0.2, 0.25) is 0 Å². The molecule has 0 atom stereocenters. The number of rotatable bonds is 4. The molecule has 0 bridgehead atoms. The van der Waals surface area contributed by atoms with Crippen LogP contribution in [0.4, 0.5) is 0 Å². The van der Waals surface area contributed by atoms with Gasteiger partial charge in [-0.05, 0) is 12.0 Å². The van der Waals surface area contributed by atoms with E-state index in [2.05, 4.69) is 0 Å². The van der Waals surface area contributed by atoms with Crippen molar-refractivity contribution in [3.8, 4) is 0 Å². The molecule has 1 heterocycles. The van der Waals surface area contributed by atoms with E-state index in [4.69, 9.17) is 4.42 Å². The molecule has 0 aliphatic rings. The largest absolute Gasteiger partial charge is 0.422 e. The second-order valence-corrected chi connectivity index (χ2v) is 4.35. The van der Waals surface area contributed by atoms with Gasteiger partial charge in [0.25, 0.3) is 5.56 Å².